The number of rotatable bonds is 1. The molecule has 5 heteroatoms. The first-order valence-corrected chi connectivity index (χ1v) is 5.66. The Morgan fingerprint density at radius 3 is 2.87 bits per heavy atom. The van der Waals surface area contributed by atoms with Crippen LogP contribution < -0.4 is 10.6 Å². The van der Waals surface area contributed by atoms with Gasteiger partial charge in [0.15, 0.2) is 0 Å². The Morgan fingerprint density at radius 2 is 2.27 bits per heavy atom. The fraction of sp³-hybridized carbons (Fsp3) is 0.200. The lowest BCUT2D eigenvalue weighted by Gasteiger charge is -2.12. The second-order valence-electron chi connectivity index (χ2n) is 3.20. The number of primary amides is 1. The zero-order valence-electron chi connectivity index (χ0n) is 8.19. The molecule has 0 radical (unpaired) electrons. The fourth-order valence-corrected chi connectivity index (χ4v) is 2.38. The summed E-state index contributed by atoms with van der Waals surface area (Å²) in [6.07, 6.45) is 2.20. The molecule has 0 atom stereocenters. The minimum absolute atomic E-state index is 0.251. The van der Waals surface area contributed by atoms with Gasteiger partial charge in [-0.3, -0.25) is 4.79 Å². The van der Waals surface area contributed by atoms with E-state index >= 15 is 0 Å². The van der Waals surface area contributed by atoms with Gasteiger partial charge < -0.3 is 5.73 Å². The van der Waals surface area contributed by atoms with Crippen molar-refractivity contribution in [2.75, 3.05) is 11.2 Å². The molecule has 0 aromatic heterocycles. The van der Waals surface area contributed by atoms with E-state index in [4.69, 9.17) is 5.73 Å². The van der Waals surface area contributed by atoms with E-state index in [0.717, 1.165) is 15.4 Å². The van der Waals surface area contributed by atoms with Gasteiger partial charge in [0.2, 0.25) is 5.91 Å². The van der Waals surface area contributed by atoms with Crippen LogP contribution in [0.15, 0.2) is 23.1 Å². The number of nitrogens with zero attached hydrogens (tertiary/aromatic N) is 1. The number of hydrogen-bond acceptors (Lipinski definition) is 3. The van der Waals surface area contributed by atoms with Crippen LogP contribution in [0.25, 0.3) is 0 Å². The van der Waals surface area contributed by atoms with Crippen LogP contribution in [0.5, 0.6) is 0 Å². The van der Waals surface area contributed by atoms with Gasteiger partial charge in [0.25, 0.3) is 0 Å². The molecule has 15 heavy (non-hydrogen) atoms. The number of carbonyl (C=O) groups is 2. The number of nitrogens with two attached hydrogens (primary N) is 1. The summed E-state index contributed by atoms with van der Waals surface area (Å²) in [6, 6.07) is 4.78. The molecule has 1 aromatic rings. The smallest absolute Gasteiger partial charge is 0.326 e. The predicted octanol–water partition coefficient (Wildman–Crippen LogP) is 1.38. The zero-order chi connectivity index (χ0) is 11.0. The van der Waals surface area contributed by atoms with Crippen LogP contribution in [-0.4, -0.2) is 18.2 Å². The van der Waals surface area contributed by atoms with Crippen LogP contribution in [0.3, 0.4) is 0 Å². The van der Waals surface area contributed by atoms with Crippen molar-refractivity contribution in [3.8, 4) is 0 Å². The van der Waals surface area contributed by atoms with E-state index in [-0.39, 0.29) is 12.3 Å². The second-order valence-corrected chi connectivity index (χ2v) is 4.05. The van der Waals surface area contributed by atoms with Gasteiger partial charge in [0, 0.05) is 4.90 Å². The fourth-order valence-electron chi connectivity index (χ4n) is 1.74. The Labute approximate surface area is 91.4 Å². The topological polar surface area (TPSA) is 63.4 Å². The number of amides is 3. The number of thioether (sulfide) groups is 1. The highest BCUT2D eigenvalue weighted by Gasteiger charge is 2.32. The van der Waals surface area contributed by atoms with Crippen LogP contribution in [0.4, 0.5) is 10.5 Å². The molecule has 2 rings (SSSR count). The Hall–Kier alpha value is -1.49. The summed E-state index contributed by atoms with van der Waals surface area (Å²) in [4.78, 5) is 24.7. The highest BCUT2D eigenvalue weighted by molar-refractivity contribution is 7.98. The van der Waals surface area contributed by atoms with E-state index < -0.39 is 6.03 Å². The van der Waals surface area contributed by atoms with Crippen molar-refractivity contribution in [1.82, 2.24) is 0 Å². The molecule has 0 spiro atoms. The van der Waals surface area contributed by atoms with Crippen molar-refractivity contribution in [3.63, 3.8) is 0 Å². The number of urea groups is 1. The van der Waals surface area contributed by atoms with Crippen molar-refractivity contribution in [1.29, 1.82) is 0 Å². The van der Waals surface area contributed by atoms with E-state index in [1.807, 2.05) is 18.4 Å². The van der Waals surface area contributed by atoms with Gasteiger partial charge in [-0.1, -0.05) is 6.07 Å². The SMILES string of the molecule is CSc1cccc2c1CC(=O)N2C(N)=O. The minimum Gasteiger partial charge on any atom is -0.351 e. The number of carbonyl (C=O) groups excluding carboxylic acids is 2. The Morgan fingerprint density at radius 1 is 1.53 bits per heavy atom. The molecule has 0 saturated carbocycles. The average molecular weight is 222 g/mol. The van der Waals surface area contributed by atoms with E-state index in [0.29, 0.717) is 5.69 Å². The molecular weight excluding hydrogens is 212 g/mol. The molecular formula is C10H10N2O2S. The van der Waals surface area contributed by atoms with Crippen LogP contribution in [0.2, 0.25) is 0 Å². The summed E-state index contributed by atoms with van der Waals surface area (Å²) in [7, 11) is 0. The van der Waals surface area contributed by atoms with Gasteiger partial charge in [-0.15, -0.1) is 11.8 Å². The molecule has 0 bridgehead atoms. The largest absolute Gasteiger partial charge is 0.351 e. The van der Waals surface area contributed by atoms with E-state index in [2.05, 4.69) is 0 Å². The van der Waals surface area contributed by atoms with Crippen molar-refractivity contribution in [2.24, 2.45) is 5.73 Å². The van der Waals surface area contributed by atoms with Crippen LogP contribution >= 0.6 is 11.8 Å². The van der Waals surface area contributed by atoms with Crippen LogP contribution in [0, 0.1) is 0 Å². The van der Waals surface area contributed by atoms with Crippen LogP contribution in [-0.2, 0) is 11.2 Å². The quantitative estimate of drug-likeness (QED) is 0.730. The third-order valence-electron chi connectivity index (χ3n) is 2.37. The summed E-state index contributed by atoms with van der Waals surface area (Å²) >= 11 is 1.56. The van der Waals surface area contributed by atoms with Crippen molar-refractivity contribution >= 4 is 29.4 Å². The summed E-state index contributed by atoms with van der Waals surface area (Å²) < 4.78 is 0. The Kier molecular flexibility index (Phi) is 2.40. The number of hydrogen-bond donors (Lipinski definition) is 1. The van der Waals surface area contributed by atoms with Crippen molar-refractivity contribution in [2.45, 2.75) is 11.3 Å². The first kappa shape index (κ1) is 10.0. The molecule has 3 amide bonds. The number of fused-ring (bicyclic) bond motifs is 1. The number of benzene rings is 1. The van der Waals surface area contributed by atoms with E-state index in [1.54, 1.807) is 17.8 Å². The summed E-state index contributed by atoms with van der Waals surface area (Å²) in [5, 5.41) is 0. The summed E-state index contributed by atoms with van der Waals surface area (Å²) in [6.45, 7) is 0. The van der Waals surface area contributed by atoms with Gasteiger partial charge in [-0.05, 0) is 24.0 Å². The summed E-state index contributed by atoms with van der Waals surface area (Å²) in [5.41, 5.74) is 6.68. The molecule has 0 fully saturated rings. The van der Waals surface area contributed by atoms with Gasteiger partial charge >= 0.3 is 6.03 Å². The molecule has 78 valence electrons. The maximum absolute atomic E-state index is 11.6. The maximum Gasteiger partial charge on any atom is 0.326 e. The van der Waals surface area contributed by atoms with Crippen LogP contribution in [0.1, 0.15) is 5.56 Å². The molecule has 1 aliphatic heterocycles. The highest BCUT2D eigenvalue weighted by Crippen LogP contribution is 2.35. The lowest BCUT2D eigenvalue weighted by atomic mass is 10.2. The predicted molar refractivity (Wildman–Crippen MR) is 59.0 cm³/mol. The Balaban J connectivity index is 2.56. The van der Waals surface area contributed by atoms with E-state index in [9.17, 15) is 9.59 Å². The molecule has 0 unspecified atom stereocenters. The molecule has 4 nitrogen and oxygen atoms in total. The normalized spacial score (nSPS) is 14.2. The molecule has 0 saturated heterocycles. The van der Waals surface area contributed by atoms with Gasteiger partial charge in [-0.2, -0.15) is 0 Å². The molecule has 1 heterocycles. The monoisotopic (exact) mass is 222 g/mol. The highest BCUT2D eigenvalue weighted by atomic mass is 32.2. The third kappa shape index (κ3) is 1.48. The molecule has 2 N–H and O–H groups in total. The molecule has 1 aromatic carbocycles. The zero-order valence-corrected chi connectivity index (χ0v) is 9.00. The van der Waals surface area contributed by atoms with E-state index in [1.165, 1.54) is 0 Å². The first-order valence-electron chi connectivity index (χ1n) is 4.43. The summed E-state index contributed by atoms with van der Waals surface area (Å²) in [5.74, 6) is -0.251. The Bertz CT molecular complexity index is 445. The standard InChI is InChI=1S/C10H10N2O2S/c1-15-8-4-2-3-7-6(8)5-9(13)12(7)10(11)14/h2-4H,5H2,1H3,(H2,11,14). The number of anilines is 1. The van der Waals surface area contributed by atoms with Gasteiger partial charge in [0.1, 0.15) is 0 Å². The lowest BCUT2D eigenvalue weighted by molar-refractivity contribution is -0.116. The first-order chi connectivity index (χ1) is 7.15. The van der Waals surface area contributed by atoms with Crippen molar-refractivity contribution in [3.05, 3.63) is 23.8 Å². The van der Waals surface area contributed by atoms with Gasteiger partial charge in [-0.25, -0.2) is 9.69 Å². The average Bonchev–Trinajstić information content (AvgIpc) is 2.53. The third-order valence-corrected chi connectivity index (χ3v) is 3.19. The minimum atomic E-state index is -0.711. The molecule has 1 aliphatic rings. The number of imide groups is 1. The lowest BCUT2D eigenvalue weighted by Crippen LogP contribution is -2.38. The van der Waals surface area contributed by atoms with Crippen molar-refractivity contribution < 1.29 is 9.59 Å². The molecule has 0 aliphatic carbocycles. The second kappa shape index (κ2) is 3.58. The van der Waals surface area contributed by atoms with Gasteiger partial charge in [0.05, 0.1) is 12.1 Å². The maximum atomic E-state index is 11.6.